The molecule has 24 heavy (non-hydrogen) atoms. The van der Waals surface area contributed by atoms with Crippen LogP contribution in [0.25, 0.3) is 0 Å². The van der Waals surface area contributed by atoms with E-state index in [4.69, 9.17) is 4.74 Å². The Bertz CT molecular complexity index is 627. The Morgan fingerprint density at radius 1 is 1.50 bits per heavy atom. The first-order chi connectivity index (χ1) is 11.3. The Kier molecular flexibility index (Phi) is 5.99. The van der Waals surface area contributed by atoms with Gasteiger partial charge in [0.05, 0.1) is 24.6 Å². The second-order valence-corrected chi connectivity index (χ2v) is 6.90. The van der Waals surface area contributed by atoms with Crippen molar-refractivity contribution in [2.75, 3.05) is 31.1 Å². The van der Waals surface area contributed by atoms with Crippen LogP contribution in [0.2, 0.25) is 0 Å². The molecule has 1 aromatic rings. The van der Waals surface area contributed by atoms with Gasteiger partial charge in [-0.2, -0.15) is 5.10 Å². The van der Waals surface area contributed by atoms with Gasteiger partial charge in [-0.05, 0) is 12.8 Å². The molecule has 2 rings (SSSR count). The first kappa shape index (κ1) is 18.4. The summed E-state index contributed by atoms with van der Waals surface area (Å²) in [7, 11) is 1.63. The second-order valence-electron chi connectivity index (χ2n) is 6.90. The summed E-state index contributed by atoms with van der Waals surface area (Å²) >= 11 is 0. The molecule has 1 saturated heterocycles. The molecule has 2 heterocycles. The lowest BCUT2D eigenvalue weighted by Gasteiger charge is -2.34. The van der Waals surface area contributed by atoms with E-state index in [0.717, 1.165) is 25.1 Å². The van der Waals surface area contributed by atoms with Crippen molar-refractivity contribution in [1.29, 1.82) is 0 Å². The molecule has 1 aliphatic heterocycles. The van der Waals surface area contributed by atoms with Gasteiger partial charge < -0.3 is 15.0 Å². The van der Waals surface area contributed by atoms with E-state index in [9.17, 15) is 9.59 Å². The van der Waals surface area contributed by atoms with Gasteiger partial charge >= 0.3 is 0 Å². The van der Waals surface area contributed by atoms with Gasteiger partial charge in [0.2, 0.25) is 5.91 Å². The van der Waals surface area contributed by atoms with Crippen molar-refractivity contribution < 1.29 is 9.53 Å². The Morgan fingerprint density at radius 3 is 2.92 bits per heavy atom. The standard InChI is InChI=1S/C17H28N4O3/c1-5-17(2,3)16(23)18-7-6-14-12-21(8-9-24-14)13-10-15(22)20(4)19-11-13/h10-11,14H,5-9,12H2,1-4H3,(H,18,23)/t14-/m1/s1. The molecule has 0 spiro atoms. The van der Waals surface area contributed by atoms with Gasteiger partial charge in [0, 0.05) is 38.2 Å². The molecule has 1 amide bonds. The van der Waals surface area contributed by atoms with Gasteiger partial charge in [-0.15, -0.1) is 0 Å². The van der Waals surface area contributed by atoms with Crippen molar-refractivity contribution in [3.05, 3.63) is 22.6 Å². The number of carbonyl (C=O) groups is 1. The number of hydrogen-bond donors (Lipinski definition) is 1. The molecule has 0 bridgehead atoms. The summed E-state index contributed by atoms with van der Waals surface area (Å²) in [5, 5.41) is 7.05. The van der Waals surface area contributed by atoms with Crippen LogP contribution in [0.4, 0.5) is 5.69 Å². The Morgan fingerprint density at radius 2 is 2.25 bits per heavy atom. The minimum absolute atomic E-state index is 0.0350. The number of hydrogen-bond acceptors (Lipinski definition) is 5. The normalized spacial score (nSPS) is 18.5. The lowest BCUT2D eigenvalue weighted by molar-refractivity contribution is -0.129. The quantitative estimate of drug-likeness (QED) is 0.836. The van der Waals surface area contributed by atoms with Crippen LogP contribution in [-0.4, -0.2) is 48.0 Å². The predicted molar refractivity (Wildman–Crippen MR) is 93.1 cm³/mol. The fraction of sp³-hybridized carbons (Fsp3) is 0.706. The maximum Gasteiger partial charge on any atom is 0.268 e. The molecule has 134 valence electrons. The summed E-state index contributed by atoms with van der Waals surface area (Å²) in [6, 6.07) is 1.60. The SMILES string of the molecule is CCC(C)(C)C(=O)NCC[C@@H]1CN(c2cnn(C)c(=O)c2)CCO1. The number of ether oxygens (including phenoxy) is 1. The van der Waals surface area contributed by atoms with Crippen LogP contribution >= 0.6 is 0 Å². The highest BCUT2D eigenvalue weighted by Gasteiger charge is 2.26. The summed E-state index contributed by atoms with van der Waals surface area (Å²) in [4.78, 5) is 25.9. The molecule has 0 radical (unpaired) electrons. The summed E-state index contributed by atoms with van der Waals surface area (Å²) in [6.45, 7) is 8.54. The van der Waals surface area contributed by atoms with Crippen LogP contribution in [0.3, 0.4) is 0 Å². The van der Waals surface area contributed by atoms with E-state index in [-0.39, 0.29) is 23.0 Å². The fourth-order valence-corrected chi connectivity index (χ4v) is 2.51. The summed E-state index contributed by atoms with van der Waals surface area (Å²) < 4.78 is 7.09. The van der Waals surface area contributed by atoms with E-state index in [0.29, 0.717) is 19.7 Å². The van der Waals surface area contributed by atoms with Crippen LogP contribution in [0.1, 0.15) is 33.6 Å². The van der Waals surface area contributed by atoms with Gasteiger partial charge in [0.15, 0.2) is 0 Å². The first-order valence-corrected chi connectivity index (χ1v) is 8.51. The van der Waals surface area contributed by atoms with Gasteiger partial charge in [-0.3, -0.25) is 9.59 Å². The molecular weight excluding hydrogens is 308 g/mol. The maximum absolute atomic E-state index is 12.1. The third-order valence-electron chi connectivity index (χ3n) is 4.71. The number of rotatable bonds is 6. The molecule has 0 aromatic carbocycles. The average molecular weight is 336 g/mol. The van der Waals surface area contributed by atoms with E-state index in [2.05, 4.69) is 15.3 Å². The van der Waals surface area contributed by atoms with Crippen LogP contribution in [-0.2, 0) is 16.6 Å². The van der Waals surface area contributed by atoms with E-state index >= 15 is 0 Å². The summed E-state index contributed by atoms with van der Waals surface area (Å²) in [5.41, 5.74) is 0.363. The number of aryl methyl sites for hydroxylation is 1. The average Bonchev–Trinajstić information content (AvgIpc) is 2.57. The molecule has 1 atom stereocenters. The zero-order chi connectivity index (χ0) is 17.7. The van der Waals surface area contributed by atoms with E-state index in [1.54, 1.807) is 19.3 Å². The third-order valence-corrected chi connectivity index (χ3v) is 4.71. The van der Waals surface area contributed by atoms with Crippen LogP contribution in [0, 0.1) is 5.41 Å². The van der Waals surface area contributed by atoms with Crippen LogP contribution in [0.15, 0.2) is 17.1 Å². The minimum atomic E-state index is -0.338. The van der Waals surface area contributed by atoms with Crippen molar-refractivity contribution >= 4 is 11.6 Å². The number of nitrogens with one attached hydrogen (secondary N) is 1. The smallest absolute Gasteiger partial charge is 0.268 e. The van der Waals surface area contributed by atoms with Gasteiger partial charge in [-0.1, -0.05) is 20.8 Å². The van der Waals surface area contributed by atoms with Crippen LogP contribution < -0.4 is 15.8 Å². The lowest BCUT2D eigenvalue weighted by atomic mass is 9.89. The molecule has 0 unspecified atom stereocenters. The highest BCUT2D eigenvalue weighted by molar-refractivity contribution is 5.81. The molecule has 0 saturated carbocycles. The number of nitrogens with zero attached hydrogens (tertiary/aromatic N) is 3. The number of morpholine rings is 1. The van der Waals surface area contributed by atoms with Crippen molar-refractivity contribution in [1.82, 2.24) is 15.1 Å². The van der Waals surface area contributed by atoms with Crippen LogP contribution in [0.5, 0.6) is 0 Å². The largest absolute Gasteiger partial charge is 0.374 e. The molecule has 1 aliphatic rings. The van der Waals surface area contributed by atoms with Gasteiger partial charge in [0.1, 0.15) is 0 Å². The highest BCUT2D eigenvalue weighted by atomic mass is 16.5. The van der Waals surface area contributed by atoms with E-state index in [1.807, 2.05) is 20.8 Å². The first-order valence-electron chi connectivity index (χ1n) is 8.51. The monoisotopic (exact) mass is 336 g/mol. The lowest BCUT2D eigenvalue weighted by Crippen LogP contribution is -2.45. The molecule has 7 nitrogen and oxygen atoms in total. The number of anilines is 1. The maximum atomic E-state index is 12.1. The molecule has 0 aliphatic carbocycles. The number of amides is 1. The molecule has 1 aromatic heterocycles. The summed E-state index contributed by atoms with van der Waals surface area (Å²) in [6.07, 6.45) is 3.30. The predicted octanol–water partition coefficient (Wildman–Crippen LogP) is 0.928. The molecular formula is C17H28N4O3. The van der Waals surface area contributed by atoms with E-state index < -0.39 is 0 Å². The zero-order valence-corrected chi connectivity index (χ0v) is 15.0. The van der Waals surface area contributed by atoms with Gasteiger partial charge in [-0.25, -0.2) is 4.68 Å². The van der Waals surface area contributed by atoms with Crippen molar-refractivity contribution in [2.24, 2.45) is 12.5 Å². The number of carbonyl (C=O) groups excluding carboxylic acids is 1. The van der Waals surface area contributed by atoms with Crippen molar-refractivity contribution in [3.8, 4) is 0 Å². The van der Waals surface area contributed by atoms with Gasteiger partial charge in [0.25, 0.3) is 5.56 Å². The Hall–Kier alpha value is -1.89. The Labute approximate surface area is 143 Å². The van der Waals surface area contributed by atoms with E-state index in [1.165, 1.54) is 4.68 Å². The second kappa shape index (κ2) is 7.79. The third kappa shape index (κ3) is 4.56. The Balaban J connectivity index is 1.86. The van der Waals surface area contributed by atoms with Crippen molar-refractivity contribution in [3.63, 3.8) is 0 Å². The molecule has 1 N–H and O–H groups in total. The highest BCUT2D eigenvalue weighted by Crippen LogP contribution is 2.20. The topological polar surface area (TPSA) is 76.5 Å². The zero-order valence-electron chi connectivity index (χ0n) is 15.0. The molecule has 7 heteroatoms. The minimum Gasteiger partial charge on any atom is -0.374 e. The van der Waals surface area contributed by atoms with Crippen molar-refractivity contribution in [2.45, 2.75) is 39.7 Å². The number of aromatic nitrogens is 2. The summed E-state index contributed by atoms with van der Waals surface area (Å²) in [5.74, 6) is 0.0772. The molecule has 1 fully saturated rings. The fourth-order valence-electron chi connectivity index (χ4n) is 2.51.